The van der Waals surface area contributed by atoms with Crippen molar-refractivity contribution in [2.75, 3.05) is 5.73 Å². The van der Waals surface area contributed by atoms with Crippen molar-refractivity contribution in [1.29, 1.82) is 0 Å². The Morgan fingerprint density at radius 2 is 2.00 bits per heavy atom. The van der Waals surface area contributed by atoms with Crippen LogP contribution in [0.15, 0.2) is 6.07 Å². The van der Waals surface area contributed by atoms with Gasteiger partial charge >= 0.3 is 0 Å². The zero-order chi connectivity index (χ0) is 8.59. The predicted molar refractivity (Wildman–Crippen MR) is 42.6 cm³/mol. The van der Waals surface area contributed by atoms with Gasteiger partial charge in [0.25, 0.3) is 0 Å². The molecule has 0 radical (unpaired) electrons. The molecule has 62 valence electrons. The second kappa shape index (κ2) is 2.38. The highest BCUT2D eigenvalue weighted by atomic mass is 16.3. The van der Waals surface area contributed by atoms with Gasteiger partial charge in [0.05, 0.1) is 5.69 Å². The highest BCUT2D eigenvalue weighted by molar-refractivity contribution is 5.53. The van der Waals surface area contributed by atoms with Gasteiger partial charge in [-0.25, -0.2) is 0 Å². The topological polar surface area (TPSA) is 71.4 Å². The van der Waals surface area contributed by atoms with Crippen molar-refractivity contribution in [2.24, 2.45) is 0 Å². The fourth-order valence-corrected chi connectivity index (χ4v) is 1.03. The van der Waals surface area contributed by atoms with Crippen LogP contribution in [0.5, 0.6) is 11.8 Å². The van der Waals surface area contributed by atoms with Gasteiger partial charge < -0.3 is 15.9 Å². The van der Waals surface area contributed by atoms with Gasteiger partial charge in [-0.2, -0.15) is 0 Å². The Morgan fingerprint density at radius 1 is 1.45 bits per heavy atom. The van der Waals surface area contributed by atoms with Gasteiger partial charge in [-0.3, -0.25) is 4.57 Å². The van der Waals surface area contributed by atoms with Crippen LogP contribution in [0.1, 0.15) is 19.9 Å². The van der Waals surface area contributed by atoms with Crippen molar-refractivity contribution in [3.05, 3.63) is 6.07 Å². The maximum atomic E-state index is 9.27. The van der Waals surface area contributed by atoms with Crippen molar-refractivity contribution in [1.82, 2.24) is 4.57 Å². The summed E-state index contributed by atoms with van der Waals surface area (Å²) in [6.07, 6.45) is 0. The summed E-state index contributed by atoms with van der Waals surface area (Å²) in [7, 11) is 0. The molecule has 0 atom stereocenters. The summed E-state index contributed by atoms with van der Waals surface area (Å²) >= 11 is 0. The van der Waals surface area contributed by atoms with E-state index in [-0.39, 0.29) is 23.5 Å². The maximum Gasteiger partial charge on any atom is 0.218 e. The molecule has 0 bridgehead atoms. The quantitative estimate of drug-likeness (QED) is 0.569. The number of nitrogens with two attached hydrogens (primary N) is 1. The largest absolute Gasteiger partial charge is 0.494 e. The Hall–Kier alpha value is -1.32. The molecule has 0 aliphatic rings. The molecule has 0 unspecified atom stereocenters. The summed E-state index contributed by atoms with van der Waals surface area (Å²) in [6.45, 7) is 3.69. The van der Waals surface area contributed by atoms with Crippen LogP contribution in [-0.4, -0.2) is 14.8 Å². The molecule has 11 heavy (non-hydrogen) atoms. The minimum Gasteiger partial charge on any atom is -0.494 e. The standard InChI is InChI=1S/C7H12N2O2/c1-4(2)9-6(10)3-5(8)7(9)11/h3-4,10-11H,8H2,1-2H3. The zero-order valence-corrected chi connectivity index (χ0v) is 6.57. The van der Waals surface area contributed by atoms with Gasteiger partial charge in [-0.1, -0.05) is 0 Å². The number of hydrogen-bond donors (Lipinski definition) is 3. The van der Waals surface area contributed by atoms with E-state index in [1.54, 1.807) is 0 Å². The number of nitrogen functional groups attached to an aromatic ring is 1. The van der Waals surface area contributed by atoms with E-state index in [2.05, 4.69) is 0 Å². The molecule has 0 aromatic carbocycles. The average Bonchev–Trinajstić information content (AvgIpc) is 2.07. The minimum absolute atomic E-state index is 0.00463. The van der Waals surface area contributed by atoms with Crippen molar-refractivity contribution >= 4 is 5.69 Å². The van der Waals surface area contributed by atoms with E-state index < -0.39 is 0 Å². The third kappa shape index (κ3) is 1.11. The van der Waals surface area contributed by atoms with Gasteiger partial charge in [0.2, 0.25) is 5.88 Å². The van der Waals surface area contributed by atoms with Crippen LogP contribution in [0.25, 0.3) is 0 Å². The molecule has 1 aromatic heterocycles. The molecule has 0 saturated heterocycles. The fourth-order valence-electron chi connectivity index (χ4n) is 1.03. The Kier molecular flexibility index (Phi) is 1.68. The average molecular weight is 156 g/mol. The molecule has 0 saturated carbocycles. The maximum absolute atomic E-state index is 9.27. The third-order valence-electron chi connectivity index (χ3n) is 1.53. The van der Waals surface area contributed by atoms with Crippen molar-refractivity contribution in [3.63, 3.8) is 0 Å². The molecule has 0 fully saturated rings. The summed E-state index contributed by atoms with van der Waals surface area (Å²) < 4.78 is 1.36. The number of aromatic nitrogens is 1. The van der Waals surface area contributed by atoms with Crippen molar-refractivity contribution in [2.45, 2.75) is 19.9 Å². The SMILES string of the molecule is CC(C)n1c(O)cc(N)c1O. The highest BCUT2D eigenvalue weighted by Gasteiger charge is 2.12. The molecule has 1 aromatic rings. The van der Waals surface area contributed by atoms with E-state index in [9.17, 15) is 10.2 Å². The molecular weight excluding hydrogens is 144 g/mol. The first-order valence-corrected chi connectivity index (χ1v) is 3.42. The smallest absolute Gasteiger partial charge is 0.218 e. The molecule has 1 rings (SSSR count). The summed E-state index contributed by atoms with van der Waals surface area (Å²) in [4.78, 5) is 0. The van der Waals surface area contributed by atoms with Crippen LogP contribution < -0.4 is 5.73 Å². The Labute approximate surface area is 64.9 Å². The first kappa shape index (κ1) is 7.78. The van der Waals surface area contributed by atoms with Crippen LogP contribution >= 0.6 is 0 Å². The highest BCUT2D eigenvalue weighted by Crippen LogP contribution is 2.32. The van der Waals surface area contributed by atoms with E-state index in [1.165, 1.54) is 10.6 Å². The van der Waals surface area contributed by atoms with E-state index >= 15 is 0 Å². The fraction of sp³-hybridized carbons (Fsp3) is 0.429. The lowest BCUT2D eigenvalue weighted by Gasteiger charge is -2.09. The minimum atomic E-state index is -0.0718. The predicted octanol–water partition coefficient (Wildman–Crippen LogP) is 1.06. The lowest BCUT2D eigenvalue weighted by Crippen LogP contribution is -1.98. The first-order valence-electron chi connectivity index (χ1n) is 3.42. The van der Waals surface area contributed by atoms with Gasteiger partial charge in [-0.05, 0) is 13.8 Å². The number of hydrogen-bond acceptors (Lipinski definition) is 3. The van der Waals surface area contributed by atoms with Crippen LogP contribution in [0.2, 0.25) is 0 Å². The molecular formula is C7H12N2O2. The number of nitrogens with zero attached hydrogens (tertiary/aromatic N) is 1. The molecule has 4 N–H and O–H groups in total. The monoisotopic (exact) mass is 156 g/mol. The molecule has 0 amide bonds. The zero-order valence-electron chi connectivity index (χ0n) is 6.57. The summed E-state index contributed by atoms with van der Waals surface area (Å²) in [5.41, 5.74) is 5.55. The van der Waals surface area contributed by atoms with Gasteiger partial charge in [0, 0.05) is 12.1 Å². The summed E-state index contributed by atoms with van der Waals surface area (Å²) in [6, 6.07) is 1.34. The first-order chi connectivity index (χ1) is 5.04. The number of aromatic hydroxyl groups is 2. The Morgan fingerprint density at radius 3 is 2.18 bits per heavy atom. The normalized spacial score (nSPS) is 10.8. The third-order valence-corrected chi connectivity index (χ3v) is 1.53. The van der Waals surface area contributed by atoms with E-state index in [0.717, 1.165) is 0 Å². The van der Waals surface area contributed by atoms with E-state index in [1.807, 2.05) is 13.8 Å². The second-order valence-electron chi connectivity index (χ2n) is 2.75. The van der Waals surface area contributed by atoms with Gasteiger partial charge in [0.15, 0.2) is 5.88 Å². The van der Waals surface area contributed by atoms with E-state index in [4.69, 9.17) is 5.73 Å². The number of anilines is 1. The van der Waals surface area contributed by atoms with Crippen LogP contribution in [0.3, 0.4) is 0 Å². The second-order valence-corrected chi connectivity index (χ2v) is 2.75. The summed E-state index contributed by atoms with van der Waals surface area (Å²) in [5, 5.41) is 18.5. The van der Waals surface area contributed by atoms with Crippen molar-refractivity contribution in [3.8, 4) is 11.8 Å². The van der Waals surface area contributed by atoms with Crippen LogP contribution in [0.4, 0.5) is 5.69 Å². The molecule has 4 heteroatoms. The van der Waals surface area contributed by atoms with Gasteiger partial charge in [0.1, 0.15) is 0 Å². The van der Waals surface area contributed by atoms with Crippen LogP contribution in [0, 0.1) is 0 Å². The van der Waals surface area contributed by atoms with Crippen LogP contribution in [-0.2, 0) is 0 Å². The number of rotatable bonds is 1. The summed E-state index contributed by atoms with van der Waals surface area (Å²) in [5.74, 6) is -0.0764. The Bertz CT molecular complexity index is 266. The molecule has 4 nitrogen and oxygen atoms in total. The lowest BCUT2D eigenvalue weighted by atomic mass is 10.4. The molecule has 0 spiro atoms. The molecule has 0 aliphatic carbocycles. The van der Waals surface area contributed by atoms with E-state index in [0.29, 0.717) is 0 Å². The molecule has 1 heterocycles. The van der Waals surface area contributed by atoms with Crippen molar-refractivity contribution < 1.29 is 10.2 Å². The lowest BCUT2D eigenvalue weighted by molar-refractivity contribution is 0.351. The molecule has 0 aliphatic heterocycles. The van der Waals surface area contributed by atoms with Gasteiger partial charge in [-0.15, -0.1) is 0 Å². The Balaban J connectivity index is 3.22.